The van der Waals surface area contributed by atoms with Crippen LogP contribution in [-0.4, -0.2) is 17.6 Å². The van der Waals surface area contributed by atoms with E-state index in [0.29, 0.717) is 0 Å². The number of unbranched alkanes of at least 4 members (excludes halogenated alkanes) is 3. The van der Waals surface area contributed by atoms with E-state index >= 15 is 0 Å². The molecule has 0 unspecified atom stereocenters. The van der Waals surface area contributed by atoms with Crippen LogP contribution in [0.15, 0.2) is 18.2 Å². The van der Waals surface area contributed by atoms with Gasteiger partial charge in [0.25, 0.3) is 0 Å². The van der Waals surface area contributed by atoms with Crippen molar-refractivity contribution < 1.29 is 9.90 Å². The number of hydrogen-bond donors (Lipinski definition) is 2. The van der Waals surface area contributed by atoms with Gasteiger partial charge in [-0.1, -0.05) is 43.5 Å². The SMILES string of the molecule is CCc1cccc(Cl)c1CNCCCCCCC(=O)O. The molecule has 0 heterocycles. The minimum atomic E-state index is -0.700. The summed E-state index contributed by atoms with van der Waals surface area (Å²) in [4.78, 5) is 10.4. The molecule has 1 rings (SSSR count). The van der Waals surface area contributed by atoms with Crippen LogP contribution in [0.4, 0.5) is 0 Å². The Balaban J connectivity index is 2.17. The average molecular weight is 298 g/mol. The van der Waals surface area contributed by atoms with Gasteiger partial charge in [0, 0.05) is 18.0 Å². The molecular formula is C16H24ClNO2. The molecule has 0 saturated carbocycles. The number of aryl methyl sites for hydroxylation is 1. The standard InChI is InChI=1S/C16H24ClNO2/c1-2-13-8-7-9-15(17)14(13)12-18-11-6-4-3-5-10-16(19)20/h7-9,18H,2-6,10-12H2,1H3,(H,19,20). The summed E-state index contributed by atoms with van der Waals surface area (Å²) in [5, 5.41) is 12.8. The van der Waals surface area contributed by atoms with Crippen LogP contribution in [0.2, 0.25) is 5.02 Å². The molecule has 0 aliphatic heterocycles. The Bertz CT molecular complexity index is 421. The van der Waals surface area contributed by atoms with Gasteiger partial charge in [0.1, 0.15) is 0 Å². The van der Waals surface area contributed by atoms with Gasteiger partial charge in [-0.05, 0) is 43.0 Å². The van der Waals surface area contributed by atoms with Crippen molar-refractivity contribution in [3.63, 3.8) is 0 Å². The van der Waals surface area contributed by atoms with Crippen molar-refractivity contribution in [2.24, 2.45) is 0 Å². The highest BCUT2D eigenvalue weighted by atomic mass is 35.5. The molecular weight excluding hydrogens is 274 g/mol. The number of carboxylic acids is 1. The lowest BCUT2D eigenvalue weighted by molar-refractivity contribution is -0.137. The second-order valence-electron chi connectivity index (χ2n) is 4.97. The maximum atomic E-state index is 10.4. The molecule has 0 saturated heterocycles. The number of rotatable bonds is 10. The average Bonchev–Trinajstić information content (AvgIpc) is 2.42. The van der Waals surface area contributed by atoms with E-state index in [9.17, 15) is 4.79 Å². The highest BCUT2D eigenvalue weighted by Gasteiger charge is 2.04. The number of halogens is 1. The summed E-state index contributed by atoms with van der Waals surface area (Å²) < 4.78 is 0. The van der Waals surface area contributed by atoms with Gasteiger partial charge < -0.3 is 10.4 Å². The van der Waals surface area contributed by atoms with E-state index in [1.54, 1.807) is 0 Å². The summed E-state index contributed by atoms with van der Waals surface area (Å²) in [6.07, 6.45) is 5.19. The Morgan fingerprint density at radius 3 is 2.70 bits per heavy atom. The number of carboxylic acid groups (broad SMARTS) is 1. The molecule has 1 aromatic carbocycles. The van der Waals surface area contributed by atoms with Gasteiger partial charge in [0.2, 0.25) is 0 Å². The Kier molecular flexibility index (Phi) is 8.31. The zero-order valence-electron chi connectivity index (χ0n) is 12.1. The lowest BCUT2D eigenvalue weighted by Gasteiger charge is -2.11. The van der Waals surface area contributed by atoms with Gasteiger partial charge in [0.15, 0.2) is 0 Å². The molecule has 2 N–H and O–H groups in total. The van der Waals surface area contributed by atoms with E-state index in [1.165, 1.54) is 11.1 Å². The minimum absolute atomic E-state index is 0.285. The van der Waals surface area contributed by atoms with E-state index in [0.717, 1.165) is 50.2 Å². The third kappa shape index (κ3) is 6.40. The van der Waals surface area contributed by atoms with Crippen LogP contribution >= 0.6 is 11.6 Å². The van der Waals surface area contributed by atoms with E-state index < -0.39 is 5.97 Å². The van der Waals surface area contributed by atoms with Gasteiger partial charge in [-0.25, -0.2) is 0 Å². The van der Waals surface area contributed by atoms with Gasteiger partial charge in [-0.2, -0.15) is 0 Å². The highest BCUT2D eigenvalue weighted by Crippen LogP contribution is 2.20. The van der Waals surface area contributed by atoms with Crippen molar-refractivity contribution in [3.05, 3.63) is 34.3 Å². The van der Waals surface area contributed by atoms with Crippen molar-refractivity contribution >= 4 is 17.6 Å². The largest absolute Gasteiger partial charge is 0.481 e. The lowest BCUT2D eigenvalue weighted by Crippen LogP contribution is -2.16. The zero-order valence-corrected chi connectivity index (χ0v) is 12.9. The molecule has 0 spiro atoms. The molecule has 4 heteroatoms. The van der Waals surface area contributed by atoms with E-state index in [2.05, 4.69) is 18.3 Å². The summed E-state index contributed by atoms with van der Waals surface area (Å²) >= 11 is 6.22. The summed E-state index contributed by atoms with van der Waals surface area (Å²) in [5.74, 6) is -0.700. The number of hydrogen-bond acceptors (Lipinski definition) is 2. The molecule has 3 nitrogen and oxygen atoms in total. The first-order chi connectivity index (χ1) is 9.65. The first kappa shape index (κ1) is 17.0. The molecule has 0 bridgehead atoms. The number of benzene rings is 1. The fourth-order valence-corrected chi connectivity index (χ4v) is 2.49. The van der Waals surface area contributed by atoms with Gasteiger partial charge in [0.05, 0.1) is 0 Å². The maximum absolute atomic E-state index is 10.4. The normalized spacial score (nSPS) is 10.7. The van der Waals surface area contributed by atoms with Crippen LogP contribution in [0, 0.1) is 0 Å². The quantitative estimate of drug-likeness (QED) is 0.641. The summed E-state index contributed by atoms with van der Waals surface area (Å²) in [7, 11) is 0. The molecule has 20 heavy (non-hydrogen) atoms. The van der Waals surface area contributed by atoms with Crippen LogP contribution in [0.1, 0.15) is 50.2 Å². The molecule has 0 atom stereocenters. The Hall–Kier alpha value is -1.06. The third-order valence-corrected chi connectivity index (χ3v) is 3.75. The first-order valence-corrected chi connectivity index (χ1v) is 7.71. The summed E-state index contributed by atoms with van der Waals surface area (Å²) in [6, 6.07) is 6.05. The topological polar surface area (TPSA) is 49.3 Å². The Morgan fingerprint density at radius 1 is 1.25 bits per heavy atom. The molecule has 0 radical (unpaired) electrons. The number of carbonyl (C=O) groups is 1. The first-order valence-electron chi connectivity index (χ1n) is 7.34. The molecule has 0 aliphatic carbocycles. The van der Waals surface area contributed by atoms with Gasteiger partial charge in [-0.15, -0.1) is 0 Å². The molecule has 0 aliphatic rings. The summed E-state index contributed by atoms with van der Waals surface area (Å²) in [5.41, 5.74) is 2.49. The van der Waals surface area contributed by atoms with Crippen molar-refractivity contribution in [1.29, 1.82) is 0 Å². The number of nitrogens with one attached hydrogen (secondary N) is 1. The van der Waals surface area contributed by atoms with Crippen molar-refractivity contribution in [1.82, 2.24) is 5.32 Å². The molecule has 1 aromatic rings. The van der Waals surface area contributed by atoms with Crippen LogP contribution in [0.3, 0.4) is 0 Å². The number of aliphatic carboxylic acids is 1. The predicted molar refractivity (Wildman–Crippen MR) is 83.3 cm³/mol. The second-order valence-corrected chi connectivity index (χ2v) is 5.37. The van der Waals surface area contributed by atoms with Crippen LogP contribution in [0.25, 0.3) is 0 Å². The molecule has 0 fully saturated rings. The monoisotopic (exact) mass is 297 g/mol. The van der Waals surface area contributed by atoms with Crippen LogP contribution in [-0.2, 0) is 17.8 Å². The Labute approximate surface area is 126 Å². The summed E-state index contributed by atoms with van der Waals surface area (Å²) in [6.45, 7) is 3.89. The van der Waals surface area contributed by atoms with Gasteiger partial charge >= 0.3 is 5.97 Å². The fraction of sp³-hybridized carbons (Fsp3) is 0.562. The minimum Gasteiger partial charge on any atom is -0.481 e. The van der Waals surface area contributed by atoms with Crippen LogP contribution < -0.4 is 5.32 Å². The van der Waals surface area contributed by atoms with E-state index in [1.807, 2.05) is 12.1 Å². The lowest BCUT2D eigenvalue weighted by atomic mass is 10.1. The molecule has 112 valence electrons. The zero-order chi connectivity index (χ0) is 14.8. The molecule has 0 aromatic heterocycles. The maximum Gasteiger partial charge on any atom is 0.303 e. The fourth-order valence-electron chi connectivity index (χ4n) is 2.23. The van der Waals surface area contributed by atoms with Gasteiger partial charge in [-0.3, -0.25) is 4.79 Å². The smallest absolute Gasteiger partial charge is 0.303 e. The van der Waals surface area contributed by atoms with Crippen molar-refractivity contribution in [2.45, 2.75) is 52.0 Å². The van der Waals surface area contributed by atoms with Crippen molar-refractivity contribution in [3.8, 4) is 0 Å². The molecule has 0 amide bonds. The van der Waals surface area contributed by atoms with E-state index in [4.69, 9.17) is 16.7 Å². The predicted octanol–water partition coefficient (Wildman–Crippen LogP) is 4.03. The van der Waals surface area contributed by atoms with Crippen molar-refractivity contribution in [2.75, 3.05) is 6.54 Å². The second kappa shape index (κ2) is 9.78. The Morgan fingerprint density at radius 2 is 2.00 bits per heavy atom. The van der Waals surface area contributed by atoms with E-state index in [-0.39, 0.29) is 6.42 Å². The third-order valence-electron chi connectivity index (χ3n) is 3.39. The van der Waals surface area contributed by atoms with Crippen LogP contribution in [0.5, 0.6) is 0 Å². The highest BCUT2D eigenvalue weighted by molar-refractivity contribution is 6.31.